The molecule has 3 N–H and O–H groups in total. The van der Waals surface area contributed by atoms with Crippen LogP contribution in [0.5, 0.6) is 5.75 Å². The van der Waals surface area contributed by atoms with Crippen LogP contribution in [0.4, 0.5) is 5.69 Å². The van der Waals surface area contributed by atoms with Crippen molar-refractivity contribution in [2.75, 3.05) is 12.4 Å². The minimum atomic E-state index is -0.357. The van der Waals surface area contributed by atoms with Crippen molar-refractivity contribution in [1.82, 2.24) is 15.3 Å². The number of amides is 1. The van der Waals surface area contributed by atoms with Gasteiger partial charge in [0.2, 0.25) is 0 Å². The zero-order valence-corrected chi connectivity index (χ0v) is 18.4. The van der Waals surface area contributed by atoms with E-state index >= 15 is 0 Å². The van der Waals surface area contributed by atoms with Crippen LogP contribution in [0.3, 0.4) is 0 Å². The summed E-state index contributed by atoms with van der Waals surface area (Å²) in [6.45, 7) is 1.87. The second-order valence-corrected chi connectivity index (χ2v) is 7.68. The Balaban J connectivity index is 1.53. The first kappa shape index (κ1) is 20.8. The Bertz CT molecular complexity index is 1270. The van der Waals surface area contributed by atoms with Gasteiger partial charge in [-0.15, -0.1) is 0 Å². The van der Waals surface area contributed by atoms with Crippen LogP contribution in [0.15, 0.2) is 60.7 Å². The summed E-state index contributed by atoms with van der Waals surface area (Å²) in [7, 11) is 1.53. The number of carbonyl (C=O) groups excluding carboxylic acids is 1. The maximum absolute atomic E-state index is 12.7. The van der Waals surface area contributed by atoms with Crippen LogP contribution in [-0.4, -0.2) is 28.1 Å². The van der Waals surface area contributed by atoms with Gasteiger partial charge >= 0.3 is 0 Å². The number of aromatic amines is 1. The van der Waals surface area contributed by atoms with Crippen molar-refractivity contribution in [1.29, 1.82) is 0 Å². The largest absolute Gasteiger partial charge is 0.496 e. The number of halogens is 1. The van der Waals surface area contributed by atoms with Crippen molar-refractivity contribution in [2.24, 2.45) is 0 Å². The van der Waals surface area contributed by atoms with Gasteiger partial charge in [0.15, 0.2) is 5.11 Å². The van der Waals surface area contributed by atoms with E-state index in [4.69, 9.17) is 28.6 Å². The van der Waals surface area contributed by atoms with Crippen molar-refractivity contribution in [3.8, 4) is 17.1 Å². The number of aryl methyl sites for hydroxylation is 1. The van der Waals surface area contributed by atoms with Crippen molar-refractivity contribution in [3.05, 3.63) is 76.8 Å². The lowest BCUT2D eigenvalue weighted by molar-refractivity contribution is 0.0974. The van der Waals surface area contributed by atoms with Crippen LogP contribution in [0.1, 0.15) is 15.9 Å². The van der Waals surface area contributed by atoms with Gasteiger partial charge in [0, 0.05) is 11.3 Å². The molecule has 6 nitrogen and oxygen atoms in total. The maximum atomic E-state index is 12.7. The van der Waals surface area contributed by atoms with Gasteiger partial charge in [0.25, 0.3) is 5.91 Å². The third kappa shape index (κ3) is 4.38. The number of nitrogens with zero attached hydrogens (tertiary/aromatic N) is 1. The van der Waals surface area contributed by atoms with Crippen molar-refractivity contribution in [3.63, 3.8) is 0 Å². The SMILES string of the molecule is COc1c(C)cccc1C(=O)NC(=S)Nc1ccc(Cl)c(-c2nc3ccccc3[nH]2)c1. The molecule has 0 unspecified atom stereocenters. The molecule has 0 aliphatic rings. The summed E-state index contributed by atoms with van der Waals surface area (Å²) in [6.07, 6.45) is 0. The quantitative estimate of drug-likeness (QED) is 0.366. The molecule has 31 heavy (non-hydrogen) atoms. The zero-order valence-electron chi connectivity index (χ0n) is 16.8. The molecule has 0 bridgehead atoms. The monoisotopic (exact) mass is 450 g/mol. The van der Waals surface area contributed by atoms with E-state index in [1.165, 1.54) is 7.11 Å². The molecule has 1 amide bonds. The van der Waals surface area contributed by atoms with Crippen LogP contribution in [0.2, 0.25) is 5.02 Å². The lowest BCUT2D eigenvalue weighted by Gasteiger charge is -2.13. The fourth-order valence-electron chi connectivity index (χ4n) is 3.30. The van der Waals surface area contributed by atoms with Crippen molar-refractivity contribution >= 4 is 51.6 Å². The lowest BCUT2D eigenvalue weighted by Crippen LogP contribution is -2.34. The van der Waals surface area contributed by atoms with Gasteiger partial charge in [0.05, 0.1) is 28.7 Å². The molecule has 1 heterocycles. The Morgan fingerprint density at radius 2 is 1.94 bits per heavy atom. The smallest absolute Gasteiger partial charge is 0.261 e. The number of benzene rings is 3. The number of rotatable bonds is 4. The third-order valence-corrected chi connectivity index (χ3v) is 5.29. The van der Waals surface area contributed by atoms with Gasteiger partial charge in [-0.3, -0.25) is 10.1 Å². The van der Waals surface area contributed by atoms with E-state index < -0.39 is 0 Å². The summed E-state index contributed by atoms with van der Waals surface area (Å²) in [4.78, 5) is 20.5. The fraction of sp³-hybridized carbons (Fsp3) is 0.0870. The van der Waals surface area contributed by atoms with E-state index in [0.29, 0.717) is 27.8 Å². The average molecular weight is 451 g/mol. The summed E-state index contributed by atoms with van der Waals surface area (Å²) in [5, 5.41) is 6.42. The first-order valence-electron chi connectivity index (χ1n) is 9.47. The Morgan fingerprint density at radius 3 is 2.71 bits per heavy atom. The second kappa shape index (κ2) is 8.75. The molecule has 3 aromatic carbocycles. The molecule has 0 aliphatic carbocycles. The number of ether oxygens (including phenoxy) is 1. The van der Waals surface area contributed by atoms with E-state index in [-0.39, 0.29) is 11.0 Å². The molecule has 4 aromatic rings. The number of nitrogens with one attached hydrogen (secondary N) is 3. The normalized spacial score (nSPS) is 10.7. The highest BCUT2D eigenvalue weighted by atomic mass is 35.5. The summed E-state index contributed by atoms with van der Waals surface area (Å²) in [5.41, 5.74) is 4.43. The van der Waals surface area contributed by atoms with Gasteiger partial charge in [-0.05, 0) is 61.1 Å². The maximum Gasteiger partial charge on any atom is 0.261 e. The predicted octanol–water partition coefficient (Wildman–Crippen LogP) is 5.33. The number of fused-ring (bicyclic) bond motifs is 1. The molecule has 156 valence electrons. The highest BCUT2D eigenvalue weighted by molar-refractivity contribution is 7.80. The van der Waals surface area contributed by atoms with Gasteiger partial charge in [0.1, 0.15) is 11.6 Å². The molecule has 0 saturated heterocycles. The molecule has 0 fully saturated rings. The van der Waals surface area contributed by atoms with Crippen LogP contribution in [0, 0.1) is 6.92 Å². The Hall–Kier alpha value is -3.42. The third-order valence-electron chi connectivity index (χ3n) is 4.76. The number of H-pyrrole nitrogens is 1. The molecule has 4 rings (SSSR count). The molecular weight excluding hydrogens is 432 g/mol. The zero-order chi connectivity index (χ0) is 22.0. The van der Waals surface area contributed by atoms with Crippen LogP contribution < -0.4 is 15.4 Å². The molecule has 0 aliphatic heterocycles. The number of anilines is 1. The molecular formula is C23H19ClN4O2S. The average Bonchev–Trinajstić information content (AvgIpc) is 3.18. The number of carbonyl (C=O) groups is 1. The fourth-order valence-corrected chi connectivity index (χ4v) is 3.72. The molecule has 0 atom stereocenters. The van der Waals surface area contributed by atoms with Gasteiger partial charge in [-0.1, -0.05) is 35.9 Å². The van der Waals surface area contributed by atoms with Crippen LogP contribution in [0.25, 0.3) is 22.4 Å². The minimum absolute atomic E-state index is 0.159. The number of hydrogen-bond acceptors (Lipinski definition) is 4. The van der Waals surface area contributed by atoms with Crippen molar-refractivity contribution in [2.45, 2.75) is 6.92 Å². The number of aromatic nitrogens is 2. The number of para-hydroxylation sites is 3. The van der Waals surface area contributed by atoms with E-state index in [1.807, 2.05) is 43.3 Å². The molecule has 0 spiro atoms. The van der Waals surface area contributed by atoms with Crippen LogP contribution in [-0.2, 0) is 0 Å². The summed E-state index contributed by atoms with van der Waals surface area (Å²) in [6, 6.07) is 18.5. The molecule has 0 radical (unpaired) electrons. The molecule has 0 saturated carbocycles. The first-order valence-corrected chi connectivity index (χ1v) is 10.3. The first-order chi connectivity index (χ1) is 15.0. The topological polar surface area (TPSA) is 79.0 Å². The Labute approximate surface area is 189 Å². The highest BCUT2D eigenvalue weighted by Gasteiger charge is 2.16. The second-order valence-electron chi connectivity index (χ2n) is 6.86. The summed E-state index contributed by atoms with van der Waals surface area (Å²) < 4.78 is 5.35. The van der Waals surface area contributed by atoms with Crippen molar-refractivity contribution < 1.29 is 9.53 Å². The number of thiocarbonyl (C=S) groups is 1. The van der Waals surface area contributed by atoms with Gasteiger partial charge in [-0.2, -0.15) is 0 Å². The van der Waals surface area contributed by atoms with E-state index in [1.54, 1.807) is 24.3 Å². The minimum Gasteiger partial charge on any atom is -0.496 e. The highest BCUT2D eigenvalue weighted by Crippen LogP contribution is 2.30. The van der Waals surface area contributed by atoms with E-state index in [9.17, 15) is 4.79 Å². The van der Waals surface area contributed by atoms with Crippen LogP contribution >= 0.6 is 23.8 Å². The molecule has 1 aromatic heterocycles. The van der Waals surface area contributed by atoms with E-state index in [2.05, 4.69) is 20.6 Å². The number of imidazole rings is 1. The standard InChI is InChI=1S/C23H19ClN4O2S/c1-13-6-5-7-15(20(13)30-2)22(29)28-23(31)25-14-10-11-17(24)16(12-14)21-26-18-8-3-4-9-19(18)27-21/h3-12H,1-2H3,(H,26,27)(H2,25,28,29,31). The number of hydrogen-bond donors (Lipinski definition) is 3. The Kier molecular flexibility index (Phi) is 5.88. The lowest BCUT2D eigenvalue weighted by atomic mass is 10.1. The number of methoxy groups -OCH3 is 1. The predicted molar refractivity (Wildman–Crippen MR) is 128 cm³/mol. The van der Waals surface area contributed by atoms with E-state index in [0.717, 1.165) is 22.2 Å². The van der Waals surface area contributed by atoms with Gasteiger partial charge in [-0.25, -0.2) is 4.98 Å². The summed E-state index contributed by atoms with van der Waals surface area (Å²) >= 11 is 11.7. The Morgan fingerprint density at radius 1 is 1.13 bits per heavy atom. The molecule has 8 heteroatoms. The van der Waals surface area contributed by atoms with Gasteiger partial charge < -0.3 is 15.0 Å². The summed E-state index contributed by atoms with van der Waals surface area (Å²) in [5.74, 6) is 0.806.